The molecule has 64 valence electrons. The summed E-state index contributed by atoms with van der Waals surface area (Å²) in [7, 11) is 0. The van der Waals surface area contributed by atoms with Gasteiger partial charge in [0, 0.05) is 0 Å². The van der Waals surface area contributed by atoms with E-state index in [2.05, 4.69) is 0 Å². The summed E-state index contributed by atoms with van der Waals surface area (Å²) in [5, 5.41) is 9.19. The van der Waals surface area contributed by atoms with Crippen molar-refractivity contribution in [2.75, 3.05) is 0 Å². The highest BCUT2D eigenvalue weighted by atomic mass is 16.3. The van der Waals surface area contributed by atoms with Gasteiger partial charge in [-0.2, -0.15) is 0 Å². The van der Waals surface area contributed by atoms with Crippen LogP contribution in [0.4, 0.5) is 0 Å². The van der Waals surface area contributed by atoms with E-state index in [1.807, 2.05) is 0 Å². The van der Waals surface area contributed by atoms with Crippen molar-refractivity contribution in [1.29, 1.82) is 0 Å². The molecule has 0 aliphatic carbocycles. The van der Waals surface area contributed by atoms with E-state index in [9.17, 15) is 14.7 Å². The molecule has 0 saturated heterocycles. The summed E-state index contributed by atoms with van der Waals surface area (Å²) in [5.41, 5.74) is 0. The lowest BCUT2D eigenvalue weighted by molar-refractivity contribution is -0.135. The fraction of sp³-hybridized carbons (Fsp3) is 0.750. The molecule has 1 N–H and O–H groups in total. The third kappa shape index (κ3) is 2.80. The Morgan fingerprint density at radius 1 is 1.36 bits per heavy atom. The van der Waals surface area contributed by atoms with Crippen molar-refractivity contribution in [3.63, 3.8) is 0 Å². The SMILES string of the molecule is CC(C=O)C(=O)C(O)C(C)C. The smallest absolute Gasteiger partial charge is 0.171 e. The van der Waals surface area contributed by atoms with Crippen LogP contribution in [0.2, 0.25) is 0 Å². The lowest BCUT2D eigenvalue weighted by atomic mass is 9.96. The number of carbonyl (C=O) groups is 2. The third-order valence-electron chi connectivity index (χ3n) is 1.58. The molecule has 0 spiro atoms. The normalized spacial score (nSPS) is 16.1. The Labute approximate surface area is 66.4 Å². The highest BCUT2D eigenvalue weighted by Gasteiger charge is 2.23. The summed E-state index contributed by atoms with van der Waals surface area (Å²) in [6.07, 6.45) is -0.455. The van der Waals surface area contributed by atoms with Gasteiger partial charge in [0.2, 0.25) is 0 Å². The van der Waals surface area contributed by atoms with Gasteiger partial charge in [0.05, 0.1) is 5.92 Å². The minimum absolute atomic E-state index is 0.120. The number of carbonyl (C=O) groups excluding carboxylic acids is 2. The van der Waals surface area contributed by atoms with E-state index >= 15 is 0 Å². The van der Waals surface area contributed by atoms with Crippen LogP contribution in [0.15, 0.2) is 0 Å². The van der Waals surface area contributed by atoms with Crippen LogP contribution in [-0.4, -0.2) is 23.3 Å². The molecule has 3 nitrogen and oxygen atoms in total. The molecule has 0 aliphatic heterocycles. The lowest BCUT2D eigenvalue weighted by Crippen LogP contribution is -2.31. The Hall–Kier alpha value is -0.700. The molecule has 2 unspecified atom stereocenters. The molecule has 0 amide bonds. The molecule has 0 bridgehead atoms. The van der Waals surface area contributed by atoms with Gasteiger partial charge in [-0.25, -0.2) is 0 Å². The summed E-state index contributed by atoms with van der Waals surface area (Å²) in [5.74, 6) is -1.20. The van der Waals surface area contributed by atoms with Gasteiger partial charge in [-0.15, -0.1) is 0 Å². The number of ketones is 1. The van der Waals surface area contributed by atoms with E-state index in [-0.39, 0.29) is 5.92 Å². The molecular weight excluding hydrogens is 144 g/mol. The fourth-order valence-electron chi connectivity index (χ4n) is 0.665. The largest absolute Gasteiger partial charge is 0.385 e. The van der Waals surface area contributed by atoms with Crippen molar-refractivity contribution in [2.45, 2.75) is 26.9 Å². The van der Waals surface area contributed by atoms with Crippen LogP contribution >= 0.6 is 0 Å². The van der Waals surface area contributed by atoms with Gasteiger partial charge >= 0.3 is 0 Å². The van der Waals surface area contributed by atoms with Crippen molar-refractivity contribution < 1.29 is 14.7 Å². The summed E-state index contributed by atoms with van der Waals surface area (Å²) >= 11 is 0. The maximum Gasteiger partial charge on any atom is 0.171 e. The Kier molecular flexibility index (Phi) is 3.97. The van der Waals surface area contributed by atoms with Gasteiger partial charge in [0.25, 0.3) is 0 Å². The molecule has 2 atom stereocenters. The second-order valence-electron chi connectivity index (χ2n) is 3.02. The number of rotatable bonds is 4. The highest BCUT2D eigenvalue weighted by molar-refractivity contribution is 5.95. The first-order valence-corrected chi connectivity index (χ1v) is 3.67. The summed E-state index contributed by atoms with van der Waals surface area (Å²) in [4.78, 5) is 21.2. The quantitative estimate of drug-likeness (QED) is 0.476. The predicted octanol–water partition coefficient (Wildman–Crippen LogP) is 0.407. The summed E-state index contributed by atoms with van der Waals surface area (Å²) in [6.45, 7) is 4.96. The van der Waals surface area contributed by atoms with E-state index in [1.165, 1.54) is 6.92 Å². The fourth-order valence-corrected chi connectivity index (χ4v) is 0.665. The van der Waals surface area contributed by atoms with Crippen LogP contribution < -0.4 is 0 Å². The number of aldehydes is 1. The Morgan fingerprint density at radius 3 is 2.09 bits per heavy atom. The van der Waals surface area contributed by atoms with Crippen molar-refractivity contribution in [2.24, 2.45) is 11.8 Å². The molecule has 0 fully saturated rings. The maximum atomic E-state index is 11.0. The molecule has 0 radical (unpaired) electrons. The second-order valence-corrected chi connectivity index (χ2v) is 3.02. The molecule has 0 aromatic heterocycles. The molecular formula is C8H14O3. The Morgan fingerprint density at radius 2 is 1.82 bits per heavy atom. The van der Waals surface area contributed by atoms with Crippen molar-refractivity contribution in [1.82, 2.24) is 0 Å². The average Bonchev–Trinajstić information content (AvgIpc) is 2.00. The van der Waals surface area contributed by atoms with Gasteiger partial charge in [-0.1, -0.05) is 13.8 Å². The minimum atomic E-state index is -1.00. The molecule has 0 aromatic rings. The van der Waals surface area contributed by atoms with Crippen LogP contribution in [0.3, 0.4) is 0 Å². The van der Waals surface area contributed by atoms with Crippen LogP contribution in [0, 0.1) is 11.8 Å². The van der Waals surface area contributed by atoms with Gasteiger partial charge in [-0.05, 0) is 12.8 Å². The van der Waals surface area contributed by atoms with Gasteiger partial charge < -0.3 is 9.90 Å². The maximum absolute atomic E-state index is 11.0. The average molecular weight is 158 g/mol. The minimum Gasteiger partial charge on any atom is -0.385 e. The van der Waals surface area contributed by atoms with Crippen molar-refractivity contribution >= 4 is 12.1 Å². The molecule has 0 rings (SSSR count). The molecule has 0 heterocycles. The Bertz CT molecular complexity index is 151. The number of Topliss-reactive ketones (excluding diaryl/α,β-unsaturated/α-hetero) is 1. The van der Waals surface area contributed by atoms with Crippen LogP contribution in [0.5, 0.6) is 0 Å². The molecule has 0 aromatic carbocycles. The van der Waals surface area contributed by atoms with Crippen LogP contribution in [-0.2, 0) is 9.59 Å². The van der Waals surface area contributed by atoms with E-state index in [1.54, 1.807) is 13.8 Å². The number of aliphatic hydroxyl groups is 1. The van der Waals surface area contributed by atoms with E-state index in [0.29, 0.717) is 6.29 Å². The number of hydrogen-bond acceptors (Lipinski definition) is 3. The highest BCUT2D eigenvalue weighted by Crippen LogP contribution is 2.07. The standard InChI is InChI=1S/C8H14O3/c1-5(2)7(10)8(11)6(3)4-9/h4-7,10H,1-3H3. The zero-order valence-corrected chi connectivity index (χ0v) is 7.07. The van der Waals surface area contributed by atoms with Gasteiger partial charge in [0.15, 0.2) is 5.78 Å². The Balaban J connectivity index is 4.12. The van der Waals surface area contributed by atoms with Gasteiger partial charge in [-0.3, -0.25) is 4.79 Å². The van der Waals surface area contributed by atoms with Crippen LogP contribution in [0.1, 0.15) is 20.8 Å². The lowest BCUT2D eigenvalue weighted by Gasteiger charge is -2.14. The zero-order chi connectivity index (χ0) is 9.02. The third-order valence-corrected chi connectivity index (χ3v) is 1.58. The zero-order valence-electron chi connectivity index (χ0n) is 7.07. The molecule has 0 saturated carbocycles. The van der Waals surface area contributed by atoms with E-state index in [0.717, 1.165) is 0 Å². The van der Waals surface area contributed by atoms with E-state index < -0.39 is 17.8 Å². The molecule has 0 aliphatic rings. The monoisotopic (exact) mass is 158 g/mol. The van der Waals surface area contributed by atoms with E-state index in [4.69, 9.17) is 0 Å². The first-order chi connectivity index (χ1) is 5.00. The second kappa shape index (κ2) is 4.23. The van der Waals surface area contributed by atoms with Crippen molar-refractivity contribution in [3.05, 3.63) is 0 Å². The van der Waals surface area contributed by atoms with Crippen LogP contribution in [0.25, 0.3) is 0 Å². The first-order valence-electron chi connectivity index (χ1n) is 3.67. The molecule has 3 heteroatoms. The van der Waals surface area contributed by atoms with Crippen molar-refractivity contribution in [3.8, 4) is 0 Å². The number of hydrogen-bond donors (Lipinski definition) is 1. The van der Waals surface area contributed by atoms with Gasteiger partial charge in [0.1, 0.15) is 12.4 Å². The summed E-state index contributed by atoms with van der Waals surface area (Å²) in [6, 6.07) is 0. The number of aliphatic hydroxyl groups excluding tert-OH is 1. The molecule has 11 heavy (non-hydrogen) atoms. The predicted molar refractivity (Wildman–Crippen MR) is 41.1 cm³/mol. The summed E-state index contributed by atoms with van der Waals surface area (Å²) < 4.78 is 0. The topological polar surface area (TPSA) is 54.4 Å². The first kappa shape index (κ1) is 10.3.